The average Bonchev–Trinajstić information content (AvgIpc) is 1.57. The lowest BCUT2D eigenvalue weighted by molar-refractivity contribution is 0.669. The zero-order valence-electron chi connectivity index (χ0n) is 67.2. The molecule has 0 bridgehead atoms. The number of fused-ring (bicyclic) bond motifs is 15. The molecule has 584 valence electrons. The molecule has 0 fully saturated rings. The maximum absolute atomic E-state index is 6.95. The van der Waals surface area contributed by atoms with Crippen LogP contribution in [-0.4, -0.2) is 39.0 Å². The summed E-state index contributed by atoms with van der Waals surface area (Å²) in [5, 5.41) is 11.2. The van der Waals surface area contributed by atoms with Gasteiger partial charge in [0.1, 0.15) is 22.3 Å². The van der Waals surface area contributed by atoms with Crippen LogP contribution in [0.25, 0.3) is 243 Å². The van der Waals surface area contributed by atoms with Gasteiger partial charge >= 0.3 is 0 Å². The maximum atomic E-state index is 6.95. The highest BCUT2D eigenvalue weighted by Gasteiger charge is 2.25. The van der Waals surface area contributed by atoms with Gasteiger partial charge in [-0.2, -0.15) is 0 Å². The van der Waals surface area contributed by atoms with Crippen LogP contribution >= 0.6 is 11.3 Å². The van der Waals surface area contributed by atoms with Crippen LogP contribution in [0.15, 0.2) is 433 Å². The number of aromatic nitrogens is 8. The van der Waals surface area contributed by atoms with Crippen molar-refractivity contribution >= 4 is 119 Å². The van der Waals surface area contributed by atoms with Crippen LogP contribution in [0, 0.1) is 0 Å². The molecule has 18 aromatic carbocycles. The molecule has 10 nitrogen and oxygen atoms in total. The van der Waals surface area contributed by atoms with E-state index in [2.05, 4.69) is 391 Å². The highest BCUT2D eigenvalue weighted by molar-refractivity contribution is 7.25. The van der Waals surface area contributed by atoms with E-state index in [1.807, 2.05) is 42.5 Å². The van der Waals surface area contributed by atoms with E-state index < -0.39 is 0 Å². The zero-order valence-corrected chi connectivity index (χ0v) is 68.0. The summed E-state index contributed by atoms with van der Waals surface area (Å²) in [7, 11) is 0. The molecule has 25 rings (SSSR count). The monoisotopic (exact) mass is 1610 g/mol. The first-order valence-corrected chi connectivity index (χ1v) is 42.7. The van der Waals surface area contributed by atoms with Crippen molar-refractivity contribution in [2.75, 3.05) is 0 Å². The Labute approximate surface area is 721 Å². The highest BCUT2D eigenvalue weighted by atomic mass is 32.1. The second-order valence-corrected chi connectivity index (χ2v) is 32.7. The van der Waals surface area contributed by atoms with Gasteiger partial charge in [-0.05, 0) is 159 Å². The molecule has 0 spiro atoms. The number of thiophene rings is 1. The van der Waals surface area contributed by atoms with Gasteiger partial charge in [-0.15, -0.1) is 11.3 Å². The SMILES string of the molecule is c1ccc(-c2ccc(-n3c4ccccc4c4cc5oc6c(-c7nc(-c8ccccc8)nc(-c8ccc9c(c8)sc8ccccc89)n7)cccc6c5cc43)cc2)cc1.c1ccc(-c2cccc(-c3ccc(-n4c5ccccc5c5cc6oc7c(-c8nc(-c9cccc(-c%10ccccc%10)c9)nc(-c9cccc(-c%10ccccc%10)c9)n8)cccc7c6cc54)cc3)c2)cc1. The molecule has 125 heavy (non-hydrogen) atoms. The number of hydrogen-bond donors (Lipinski definition) is 0. The summed E-state index contributed by atoms with van der Waals surface area (Å²) in [6.07, 6.45) is 0. The molecule has 0 unspecified atom stereocenters. The molecule has 0 radical (unpaired) electrons. The topological polar surface area (TPSA) is 113 Å². The van der Waals surface area contributed by atoms with Crippen molar-refractivity contribution in [1.82, 2.24) is 39.0 Å². The molecule has 25 aromatic rings. The minimum atomic E-state index is 0.541. The predicted octanol–water partition coefficient (Wildman–Crippen LogP) is 30.4. The van der Waals surface area contributed by atoms with Gasteiger partial charge in [-0.1, -0.05) is 322 Å². The molecular weight excluding hydrogens is 1550 g/mol. The summed E-state index contributed by atoms with van der Waals surface area (Å²) >= 11 is 1.79. The zero-order chi connectivity index (χ0) is 82.4. The van der Waals surface area contributed by atoms with Gasteiger partial charge < -0.3 is 18.0 Å². The summed E-state index contributed by atoms with van der Waals surface area (Å²) in [6, 6.07) is 149. The van der Waals surface area contributed by atoms with E-state index in [0.29, 0.717) is 34.9 Å². The Kier molecular flexibility index (Phi) is 17.5. The Bertz CT molecular complexity index is 8410. The largest absolute Gasteiger partial charge is 0.455 e. The number of rotatable bonds is 13. The summed E-state index contributed by atoms with van der Waals surface area (Å²) in [5.41, 5.74) is 26.7. The van der Waals surface area contributed by atoms with Crippen molar-refractivity contribution in [2.45, 2.75) is 0 Å². The fraction of sp³-hybridized carbons (Fsp3) is 0. The fourth-order valence-corrected chi connectivity index (χ4v) is 19.2. The number of hydrogen-bond acceptors (Lipinski definition) is 9. The van der Waals surface area contributed by atoms with E-state index >= 15 is 0 Å². The van der Waals surface area contributed by atoms with E-state index in [4.69, 9.17) is 38.7 Å². The van der Waals surface area contributed by atoms with Gasteiger partial charge in [0, 0.05) is 96.9 Å². The molecule has 0 aliphatic carbocycles. The summed E-state index contributed by atoms with van der Waals surface area (Å²) in [5.74, 6) is 3.52. The standard InChI is InChI=1S/C63H40N4O.C51H30N4OS/c1-4-16-41(17-5-1)45-22-12-23-46(36-45)44-32-34-51(35-33-44)67-57-31-11-10-28-52(57)55-40-59-56(39-58(55)67)53-29-15-30-54(60(53)68-59)63-65-61(49-26-13-24-47(37-49)42-18-6-2-7-19-42)64-62(66-63)50-27-14-25-48(38-50)43-20-8-3-9-21-43;1-3-12-31(13-4-1)32-22-25-35(26-23-32)55-43-20-9-7-16-36(43)41-30-45-42(29-44(41)55)39-18-11-19-40(48(39)56-45)51-53-49(33-14-5-2-6-15-33)52-50(54-51)34-24-27-38-37-17-8-10-21-46(37)57-47(38)28-34/h1-40H;1-30H. The molecule has 0 saturated carbocycles. The summed E-state index contributed by atoms with van der Waals surface area (Å²) in [6.45, 7) is 0. The lowest BCUT2D eigenvalue weighted by Crippen LogP contribution is -2.00. The van der Waals surface area contributed by atoms with Gasteiger partial charge in [0.05, 0.1) is 33.2 Å². The Morgan fingerprint density at radius 2 is 0.480 bits per heavy atom. The van der Waals surface area contributed by atoms with Crippen LogP contribution in [-0.2, 0) is 0 Å². The molecule has 0 atom stereocenters. The molecule has 7 heterocycles. The first kappa shape index (κ1) is 72.4. The van der Waals surface area contributed by atoms with Crippen LogP contribution in [0.3, 0.4) is 0 Å². The van der Waals surface area contributed by atoms with Crippen LogP contribution in [0.4, 0.5) is 0 Å². The van der Waals surface area contributed by atoms with Crippen molar-refractivity contribution in [1.29, 1.82) is 0 Å². The van der Waals surface area contributed by atoms with E-state index in [1.54, 1.807) is 11.3 Å². The van der Waals surface area contributed by atoms with Crippen molar-refractivity contribution in [3.63, 3.8) is 0 Å². The van der Waals surface area contributed by atoms with Gasteiger partial charge in [-0.25, -0.2) is 29.9 Å². The second-order valence-electron chi connectivity index (χ2n) is 31.6. The van der Waals surface area contributed by atoms with Gasteiger partial charge in [0.2, 0.25) is 0 Å². The molecule has 0 aliphatic rings. The summed E-state index contributed by atoms with van der Waals surface area (Å²) in [4.78, 5) is 31.0. The number of benzene rings is 18. The molecular formula is C114H70N8O2S. The van der Waals surface area contributed by atoms with Crippen molar-refractivity contribution in [3.05, 3.63) is 425 Å². The van der Waals surface area contributed by atoms with E-state index in [0.717, 1.165) is 149 Å². The third-order valence-electron chi connectivity index (χ3n) is 24.1. The lowest BCUT2D eigenvalue weighted by Gasteiger charge is -2.11. The quantitative estimate of drug-likeness (QED) is 0.112. The Morgan fingerprint density at radius 3 is 0.928 bits per heavy atom. The van der Waals surface area contributed by atoms with Crippen LogP contribution in [0.2, 0.25) is 0 Å². The molecule has 0 aliphatic heterocycles. The lowest BCUT2D eigenvalue weighted by atomic mass is 9.99. The minimum Gasteiger partial charge on any atom is -0.455 e. The highest BCUT2D eigenvalue weighted by Crippen LogP contribution is 2.46. The van der Waals surface area contributed by atoms with E-state index in [-0.39, 0.29) is 0 Å². The first-order valence-electron chi connectivity index (χ1n) is 41.9. The maximum Gasteiger partial charge on any atom is 0.167 e. The van der Waals surface area contributed by atoms with Crippen LogP contribution in [0.1, 0.15) is 0 Å². The van der Waals surface area contributed by atoms with Gasteiger partial charge in [-0.3, -0.25) is 0 Å². The Morgan fingerprint density at radius 1 is 0.176 bits per heavy atom. The van der Waals surface area contributed by atoms with Gasteiger partial charge in [0.15, 0.2) is 34.9 Å². The van der Waals surface area contributed by atoms with E-state index in [9.17, 15) is 0 Å². The van der Waals surface area contributed by atoms with Crippen LogP contribution < -0.4 is 0 Å². The Hall–Kier alpha value is -16.6. The minimum absolute atomic E-state index is 0.541. The normalized spacial score (nSPS) is 11.7. The third kappa shape index (κ3) is 13.0. The summed E-state index contributed by atoms with van der Waals surface area (Å²) < 4.78 is 21.0. The number of furan rings is 2. The predicted molar refractivity (Wildman–Crippen MR) is 516 cm³/mol. The Balaban J connectivity index is 0.000000142. The van der Waals surface area contributed by atoms with Crippen LogP contribution in [0.5, 0.6) is 0 Å². The van der Waals surface area contributed by atoms with Crippen molar-refractivity contribution < 1.29 is 8.83 Å². The number of nitrogens with zero attached hydrogens (tertiary/aromatic N) is 8. The third-order valence-corrected chi connectivity index (χ3v) is 25.3. The molecule has 11 heteroatoms. The van der Waals surface area contributed by atoms with Gasteiger partial charge in [0.25, 0.3) is 0 Å². The first-order chi connectivity index (χ1) is 61.9. The second kappa shape index (κ2) is 30.3. The fourth-order valence-electron chi connectivity index (χ4n) is 18.1. The molecule has 0 amide bonds. The van der Waals surface area contributed by atoms with Crippen molar-refractivity contribution in [2.24, 2.45) is 0 Å². The number of para-hydroxylation sites is 4. The molecule has 0 N–H and O–H groups in total. The average molecular weight is 1620 g/mol. The smallest absolute Gasteiger partial charge is 0.167 e. The van der Waals surface area contributed by atoms with Crippen molar-refractivity contribution in [3.8, 4) is 135 Å². The molecule has 7 aromatic heterocycles. The van der Waals surface area contributed by atoms with E-state index in [1.165, 1.54) is 58.9 Å². The molecule has 0 saturated heterocycles.